The maximum Gasteiger partial charge on any atom is 0.244 e. The van der Waals surface area contributed by atoms with Crippen LogP contribution >= 0.6 is 0 Å². The van der Waals surface area contributed by atoms with Crippen molar-refractivity contribution in [2.24, 2.45) is 11.8 Å². The first-order valence-electron chi connectivity index (χ1n) is 6.19. The van der Waals surface area contributed by atoms with E-state index < -0.39 is 0 Å². The van der Waals surface area contributed by atoms with Crippen LogP contribution in [0.2, 0.25) is 0 Å². The second kappa shape index (κ2) is 4.85. The third-order valence-corrected chi connectivity index (χ3v) is 3.32. The van der Waals surface area contributed by atoms with Crippen LogP contribution in [0.4, 0.5) is 0 Å². The molecule has 1 aliphatic rings. The summed E-state index contributed by atoms with van der Waals surface area (Å²) in [5.74, 6) is 1.34. The van der Waals surface area contributed by atoms with Crippen LogP contribution in [0.5, 0.6) is 0 Å². The lowest BCUT2D eigenvalue weighted by Crippen LogP contribution is -2.44. The minimum absolute atomic E-state index is 0.150. The van der Waals surface area contributed by atoms with E-state index >= 15 is 0 Å². The Morgan fingerprint density at radius 3 is 2.59 bits per heavy atom. The largest absolute Gasteiger partial charge is 0.341 e. The summed E-state index contributed by atoms with van der Waals surface area (Å²) < 4.78 is 1.66. The van der Waals surface area contributed by atoms with Gasteiger partial charge in [0.05, 0.1) is 11.9 Å². The van der Waals surface area contributed by atoms with Crippen molar-refractivity contribution in [3.8, 4) is 0 Å². The Bertz CT molecular complexity index is 391. The van der Waals surface area contributed by atoms with E-state index in [1.165, 1.54) is 6.42 Å². The highest BCUT2D eigenvalue weighted by molar-refractivity contribution is 5.76. The Morgan fingerprint density at radius 2 is 2.06 bits per heavy atom. The Morgan fingerprint density at radius 1 is 1.41 bits per heavy atom. The average Bonchev–Trinajstić information content (AvgIpc) is 2.63. The maximum absolute atomic E-state index is 12.1. The smallest absolute Gasteiger partial charge is 0.244 e. The molecule has 0 radical (unpaired) electrons. The van der Waals surface area contributed by atoms with Crippen molar-refractivity contribution in [2.75, 3.05) is 13.1 Å². The van der Waals surface area contributed by atoms with Crippen LogP contribution < -0.4 is 0 Å². The molecular formula is C12H20N4O. The first-order valence-corrected chi connectivity index (χ1v) is 6.19. The van der Waals surface area contributed by atoms with Gasteiger partial charge in [0.15, 0.2) is 0 Å². The Kier molecular flexibility index (Phi) is 3.45. The number of likely N-dealkylation sites (tertiary alicyclic amines) is 1. The molecule has 0 bridgehead atoms. The summed E-state index contributed by atoms with van der Waals surface area (Å²) in [6.45, 7) is 8.38. The van der Waals surface area contributed by atoms with E-state index in [2.05, 4.69) is 24.2 Å². The van der Waals surface area contributed by atoms with Gasteiger partial charge in [-0.3, -0.25) is 4.79 Å². The van der Waals surface area contributed by atoms with Crippen LogP contribution in [-0.2, 0) is 11.3 Å². The van der Waals surface area contributed by atoms with Crippen LogP contribution in [0.3, 0.4) is 0 Å². The molecular weight excluding hydrogens is 216 g/mol. The van der Waals surface area contributed by atoms with Crippen molar-refractivity contribution >= 4 is 5.91 Å². The van der Waals surface area contributed by atoms with E-state index in [0.29, 0.717) is 18.4 Å². The molecule has 94 valence electrons. The lowest BCUT2D eigenvalue weighted by Gasteiger charge is -2.35. The fraction of sp³-hybridized carbons (Fsp3) is 0.750. The highest BCUT2D eigenvalue weighted by atomic mass is 16.2. The van der Waals surface area contributed by atoms with Gasteiger partial charge in [0.1, 0.15) is 6.54 Å². The monoisotopic (exact) mass is 236 g/mol. The number of hydrogen-bond donors (Lipinski definition) is 0. The van der Waals surface area contributed by atoms with Crippen molar-refractivity contribution in [3.05, 3.63) is 11.9 Å². The van der Waals surface area contributed by atoms with Gasteiger partial charge in [0.2, 0.25) is 5.91 Å². The van der Waals surface area contributed by atoms with Gasteiger partial charge in [-0.1, -0.05) is 19.1 Å². The molecule has 1 saturated heterocycles. The summed E-state index contributed by atoms with van der Waals surface area (Å²) in [6, 6.07) is 0. The van der Waals surface area contributed by atoms with Crippen LogP contribution in [0.1, 0.15) is 26.0 Å². The standard InChI is InChI=1S/C12H20N4O/c1-9-4-10(2)7-15(6-9)12(17)8-16-11(3)5-13-14-16/h5,9-10H,4,6-8H2,1-3H3. The van der Waals surface area contributed by atoms with Gasteiger partial charge >= 0.3 is 0 Å². The van der Waals surface area contributed by atoms with Crippen LogP contribution in [0.25, 0.3) is 0 Å². The Hall–Kier alpha value is -1.39. The van der Waals surface area contributed by atoms with Crippen molar-refractivity contribution in [1.82, 2.24) is 19.9 Å². The molecule has 2 unspecified atom stereocenters. The highest BCUT2D eigenvalue weighted by Gasteiger charge is 2.25. The molecule has 0 aromatic carbocycles. The number of carbonyl (C=O) groups excluding carboxylic acids is 1. The van der Waals surface area contributed by atoms with E-state index in [1.54, 1.807) is 10.9 Å². The van der Waals surface area contributed by atoms with Gasteiger partial charge in [-0.2, -0.15) is 0 Å². The molecule has 5 heteroatoms. The van der Waals surface area contributed by atoms with E-state index in [9.17, 15) is 4.79 Å². The fourth-order valence-corrected chi connectivity index (χ4v) is 2.56. The lowest BCUT2D eigenvalue weighted by atomic mass is 9.92. The zero-order valence-electron chi connectivity index (χ0n) is 10.8. The molecule has 1 amide bonds. The molecule has 1 fully saturated rings. The number of carbonyl (C=O) groups is 1. The number of piperidine rings is 1. The zero-order chi connectivity index (χ0) is 12.4. The fourth-order valence-electron chi connectivity index (χ4n) is 2.56. The third-order valence-electron chi connectivity index (χ3n) is 3.32. The Balaban J connectivity index is 1.98. The SMILES string of the molecule is Cc1cnnn1CC(=O)N1CC(C)CC(C)C1. The molecule has 1 aromatic heterocycles. The minimum atomic E-state index is 0.150. The summed E-state index contributed by atoms with van der Waals surface area (Å²) in [4.78, 5) is 14.1. The molecule has 5 nitrogen and oxygen atoms in total. The molecule has 2 heterocycles. The second-order valence-corrected chi connectivity index (χ2v) is 5.28. The quantitative estimate of drug-likeness (QED) is 0.772. The van der Waals surface area contributed by atoms with Crippen molar-refractivity contribution < 1.29 is 4.79 Å². The van der Waals surface area contributed by atoms with Gasteiger partial charge in [-0.05, 0) is 25.2 Å². The van der Waals surface area contributed by atoms with Crippen molar-refractivity contribution in [1.29, 1.82) is 0 Å². The van der Waals surface area contributed by atoms with Crippen molar-refractivity contribution in [3.63, 3.8) is 0 Å². The number of aromatic nitrogens is 3. The van der Waals surface area contributed by atoms with Gasteiger partial charge in [-0.25, -0.2) is 4.68 Å². The van der Waals surface area contributed by atoms with Crippen LogP contribution in [0, 0.1) is 18.8 Å². The summed E-state index contributed by atoms with van der Waals surface area (Å²) in [7, 11) is 0. The van der Waals surface area contributed by atoms with Crippen LogP contribution in [0.15, 0.2) is 6.20 Å². The summed E-state index contributed by atoms with van der Waals surface area (Å²) in [6.07, 6.45) is 2.89. The molecule has 0 aliphatic carbocycles. The average molecular weight is 236 g/mol. The molecule has 2 rings (SSSR count). The van der Waals surface area contributed by atoms with E-state index in [1.807, 2.05) is 11.8 Å². The maximum atomic E-state index is 12.1. The van der Waals surface area contributed by atoms with Gasteiger partial charge < -0.3 is 4.90 Å². The topological polar surface area (TPSA) is 51.0 Å². The van der Waals surface area contributed by atoms with E-state index in [4.69, 9.17) is 0 Å². The zero-order valence-corrected chi connectivity index (χ0v) is 10.8. The van der Waals surface area contributed by atoms with Crippen LogP contribution in [-0.4, -0.2) is 38.9 Å². The number of rotatable bonds is 2. The number of aryl methyl sites for hydroxylation is 1. The second-order valence-electron chi connectivity index (χ2n) is 5.28. The molecule has 0 N–H and O–H groups in total. The van der Waals surface area contributed by atoms with Gasteiger partial charge in [0, 0.05) is 13.1 Å². The normalized spacial score (nSPS) is 25.0. The first kappa shape index (κ1) is 12.1. The van der Waals surface area contributed by atoms with E-state index in [0.717, 1.165) is 18.8 Å². The first-order chi connectivity index (χ1) is 8.06. The Labute approximate surface area is 102 Å². The number of hydrogen-bond acceptors (Lipinski definition) is 3. The van der Waals surface area contributed by atoms with Gasteiger partial charge in [0.25, 0.3) is 0 Å². The summed E-state index contributed by atoms with van der Waals surface area (Å²) in [5.41, 5.74) is 0.927. The predicted molar refractivity (Wildman–Crippen MR) is 64.3 cm³/mol. The highest BCUT2D eigenvalue weighted by Crippen LogP contribution is 2.21. The minimum Gasteiger partial charge on any atom is -0.341 e. The van der Waals surface area contributed by atoms with E-state index in [-0.39, 0.29) is 5.91 Å². The number of amides is 1. The molecule has 0 saturated carbocycles. The molecule has 1 aromatic rings. The summed E-state index contributed by atoms with van der Waals surface area (Å²) >= 11 is 0. The third kappa shape index (κ3) is 2.84. The predicted octanol–water partition coefficient (Wildman–Crippen LogP) is 1.09. The molecule has 17 heavy (non-hydrogen) atoms. The molecule has 1 aliphatic heterocycles. The lowest BCUT2D eigenvalue weighted by molar-refractivity contribution is -0.134. The molecule has 0 spiro atoms. The van der Waals surface area contributed by atoms with Crippen molar-refractivity contribution in [2.45, 2.75) is 33.7 Å². The molecule has 2 atom stereocenters. The van der Waals surface area contributed by atoms with Gasteiger partial charge in [-0.15, -0.1) is 5.10 Å². The number of nitrogens with zero attached hydrogens (tertiary/aromatic N) is 4. The summed E-state index contributed by atoms with van der Waals surface area (Å²) in [5, 5.41) is 7.70.